The minimum Gasteiger partial charge on any atom is -0.497 e. The van der Waals surface area contributed by atoms with Crippen LogP contribution in [-0.4, -0.2) is 21.6 Å². The van der Waals surface area contributed by atoms with Crippen LogP contribution in [0.1, 0.15) is 5.56 Å². The first-order chi connectivity index (χ1) is 7.84. The van der Waals surface area contributed by atoms with Crippen LogP contribution in [0.3, 0.4) is 0 Å². The van der Waals surface area contributed by atoms with Gasteiger partial charge in [-0.05, 0) is 24.3 Å². The molecule has 7 heteroatoms. The fourth-order valence-electron chi connectivity index (χ4n) is 0.976. The SMILES string of the molecule is COc1ccc(/C(Cl)=N/C(Cl)C(Cl)(Cl)Cl)cc1. The van der Waals surface area contributed by atoms with Crippen LogP contribution in [0.5, 0.6) is 5.75 Å². The Morgan fingerprint density at radius 1 is 1.24 bits per heavy atom. The number of rotatable bonds is 3. The number of benzene rings is 1. The maximum atomic E-state index is 5.95. The first-order valence-electron chi connectivity index (χ1n) is 4.43. The molecule has 0 spiro atoms. The fraction of sp³-hybridized carbons (Fsp3) is 0.300. The van der Waals surface area contributed by atoms with Crippen LogP contribution in [0, 0.1) is 0 Å². The lowest BCUT2D eigenvalue weighted by molar-refractivity contribution is 0.415. The molecule has 1 rings (SSSR count). The molecule has 1 unspecified atom stereocenters. The second-order valence-electron chi connectivity index (χ2n) is 3.03. The highest BCUT2D eigenvalue weighted by molar-refractivity contribution is 6.72. The van der Waals surface area contributed by atoms with Crippen LogP contribution in [0.25, 0.3) is 0 Å². The summed E-state index contributed by atoms with van der Waals surface area (Å²) in [5, 5.41) is 0.166. The van der Waals surface area contributed by atoms with E-state index in [4.69, 9.17) is 62.7 Å². The summed E-state index contributed by atoms with van der Waals surface area (Å²) in [6, 6.07) is 6.94. The maximum Gasteiger partial charge on any atom is 0.226 e. The molecule has 1 aromatic rings. The number of hydrogen-bond acceptors (Lipinski definition) is 2. The lowest BCUT2D eigenvalue weighted by Gasteiger charge is -2.14. The van der Waals surface area contributed by atoms with E-state index in [0.717, 1.165) is 0 Å². The molecule has 94 valence electrons. The van der Waals surface area contributed by atoms with Crippen molar-refractivity contribution in [3.05, 3.63) is 29.8 Å². The van der Waals surface area contributed by atoms with Crippen molar-refractivity contribution in [1.29, 1.82) is 0 Å². The Hall–Kier alpha value is 0.140. The molecule has 0 radical (unpaired) electrons. The van der Waals surface area contributed by atoms with Crippen LogP contribution >= 0.6 is 58.0 Å². The zero-order valence-corrected chi connectivity index (χ0v) is 12.4. The molecule has 2 nitrogen and oxygen atoms in total. The van der Waals surface area contributed by atoms with Crippen molar-refractivity contribution in [1.82, 2.24) is 0 Å². The number of alkyl halides is 4. The molecule has 0 heterocycles. The molecule has 17 heavy (non-hydrogen) atoms. The predicted octanol–water partition coefficient (Wildman–Crippen LogP) is 4.62. The third-order valence-corrected chi connectivity index (χ3v) is 3.52. The molecule has 0 saturated carbocycles. The highest BCUT2D eigenvalue weighted by atomic mass is 35.6. The molecule has 0 aliphatic rings. The molecule has 0 aliphatic heterocycles. The summed E-state index contributed by atoms with van der Waals surface area (Å²) in [6.07, 6.45) is 0. The van der Waals surface area contributed by atoms with E-state index in [-0.39, 0.29) is 5.17 Å². The van der Waals surface area contributed by atoms with Crippen LogP contribution in [0.2, 0.25) is 0 Å². The van der Waals surface area contributed by atoms with Gasteiger partial charge >= 0.3 is 0 Å². The maximum absolute atomic E-state index is 5.95. The molecule has 0 bridgehead atoms. The van der Waals surface area contributed by atoms with Gasteiger partial charge in [-0.1, -0.05) is 58.0 Å². The Morgan fingerprint density at radius 3 is 2.18 bits per heavy atom. The smallest absolute Gasteiger partial charge is 0.226 e. The van der Waals surface area contributed by atoms with E-state index in [9.17, 15) is 0 Å². The summed E-state index contributed by atoms with van der Waals surface area (Å²) in [4.78, 5) is 3.88. The molecule has 0 fully saturated rings. The van der Waals surface area contributed by atoms with Gasteiger partial charge in [-0.3, -0.25) is 0 Å². The predicted molar refractivity (Wildman–Crippen MR) is 75.3 cm³/mol. The Balaban J connectivity index is 2.88. The fourth-order valence-corrected chi connectivity index (χ4v) is 1.49. The summed E-state index contributed by atoms with van der Waals surface area (Å²) < 4.78 is 3.31. The number of hydrogen-bond donors (Lipinski definition) is 0. The highest BCUT2D eigenvalue weighted by Crippen LogP contribution is 2.35. The zero-order chi connectivity index (χ0) is 13.1. The van der Waals surface area contributed by atoms with Gasteiger partial charge in [0.25, 0.3) is 0 Å². The van der Waals surface area contributed by atoms with Crippen LogP contribution in [0.15, 0.2) is 29.3 Å². The number of methoxy groups -OCH3 is 1. The minimum absolute atomic E-state index is 0.166. The van der Waals surface area contributed by atoms with Crippen molar-refractivity contribution in [2.24, 2.45) is 4.99 Å². The Kier molecular flexibility index (Phi) is 5.68. The third kappa shape index (κ3) is 4.72. The quantitative estimate of drug-likeness (QED) is 0.449. The lowest BCUT2D eigenvalue weighted by atomic mass is 10.2. The average molecular weight is 335 g/mol. The van der Waals surface area contributed by atoms with Crippen molar-refractivity contribution >= 4 is 63.2 Å². The average Bonchev–Trinajstić information content (AvgIpc) is 2.27. The van der Waals surface area contributed by atoms with Gasteiger partial charge in [-0.25, -0.2) is 4.99 Å². The van der Waals surface area contributed by atoms with Crippen LogP contribution < -0.4 is 4.74 Å². The number of ether oxygens (including phenoxy) is 1. The minimum atomic E-state index is -1.70. The van der Waals surface area contributed by atoms with Gasteiger partial charge < -0.3 is 4.74 Å². The van der Waals surface area contributed by atoms with Gasteiger partial charge in [0.15, 0.2) is 5.50 Å². The Bertz CT molecular complexity index is 398. The first-order valence-corrected chi connectivity index (χ1v) is 6.38. The number of halogens is 5. The molecular formula is C10H8Cl5NO. The third-order valence-electron chi connectivity index (χ3n) is 1.83. The standard InChI is InChI=1S/C10H8Cl5NO/c1-17-7-4-2-6(3-5-7)8(11)16-9(12)10(13,14)15/h2-5,9H,1H3/b16-8-. The second kappa shape index (κ2) is 6.35. The molecule has 1 atom stereocenters. The molecular weight excluding hydrogens is 327 g/mol. The summed E-state index contributed by atoms with van der Waals surface area (Å²) >= 11 is 28.4. The van der Waals surface area contributed by atoms with Crippen molar-refractivity contribution in [2.75, 3.05) is 7.11 Å². The van der Waals surface area contributed by atoms with E-state index in [0.29, 0.717) is 11.3 Å². The molecule has 0 aromatic heterocycles. The summed E-state index contributed by atoms with van der Waals surface area (Å²) in [5.41, 5.74) is -0.394. The molecule has 1 aromatic carbocycles. The van der Waals surface area contributed by atoms with E-state index < -0.39 is 9.29 Å². The Labute approximate surface area is 124 Å². The number of nitrogens with zero attached hydrogens (tertiary/aromatic N) is 1. The van der Waals surface area contributed by atoms with Gasteiger partial charge in [0.05, 0.1) is 7.11 Å². The monoisotopic (exact) mass is 333 g/mol. The molecule has 0 amide bonds. The van der Waals surface area contributed by atoms with E-state index in [2.05, 4.69) is 4.99 Å². The summed E-state index contributed by atoms with van der Waals surface area (Å²) in [5.74, 6) is 0.710. The molecule has 0 aliphatic carbocycles. The van der Waals surface area contributed by atoms with E-state index in [1.165, 1.54) is 0 Å². The largest absolute Gasteiger partial charge is 0.497 e. The zero-order valence-electron chi connectivity index (χ0n) is 8.63. The van der Waals surface area contributed by atoms with Gasteiger partial charge in [0.1, 0.15) is 10.9 Å². The highest BCUT2D eigenvalue weighted by Gasteiger charge is 2.30. The lowest BCUT2D eigenvalue weighted by Crippen LogP contribution is -2.18. The van der Waals surface area contributed by atoms with Gasteiger partial charge in [0.2, 0.25) is 3.79 Å². The van der Waals surface area contributed by atoms with Gasteiger partial charge in [-0.15, -0.1) is 0 Å². The van der Waals surface area contributed by atoms with E-state index in [1.807, 2.05) is 0 Å². The number of aliphatic imine (C=N–C) groups is 1. The summed E-state index contributed by atoms with van der Waals surface area (Å²) in [6.45, 7) is 0. The van der Waals surface area contributed by atoms with Crippen molar-refractivity contribution < 1.29 is 4.74 Å². The van der Waals surface area contributed by atoms with Crippen LogP contribution in [0.4, 0.5) is 0 Å². The van der Waals surface area contributed by atoms with E-state index in [1.54, 1.807) is 31.4 Å². The van der Waals surface area contributed by atoms with Crippen molar-refractivity contribution in [2.45, 2.75) is 9.29 Å². The van der Waals surface area contributed by atoms with E-state index >= 15 is 0 Å². The van der Waals surface area contributed by atoms with Crippen molar-refractivity contribution in [3.63, 3.8) is 0 Å². The Morgan fingerprint density at radius 2 is 1.76 bits per heavy atom. The van der Waals surface area contributed by atoms with Gasteiger partial charge in [0, 0.05) is 5.56 Å². The normalized spacial score (nSPS) is 14.6. The topological polar surface area (TPSA) is 21.6 Å². The van der Waals surface area contributed by atoms with Gasteiger partial charge in [-0.2, -0.15) is 0 Å². The van der Waals surface area contributed by atoms with Crippen molar-refractivity contribution in [3.8, 4) is 5.75 Å². The molecule has 0 saturated heterocycles. The second-order valence-corrected chi connectivity index (χ2v) is 6.17. The molecule has 0 N–H and O–H groups in total. The first kappa shape index (κ1) is 15.2. The van der Waals surface area contributed by atoms with Crippen LogP contribution in [-0.2, 0) is 0 Å². The summed E-state index contributed by atoms with van der Waals surface area (Å²) in [7, 11) is 1.57.